The molecular formula is C12H14FN5. The maximum atomic E-state index is 13.4. The lowest BCUT2D eigenvalue weighted by atomic mass is 10.2. The van der Waals surface area contributed by atoms with E-state index in [2.05, 4.69) is 25.6 Å². The van der Waals surface area contributed by atoms with E-state index in [4.69, 9.17) is 0 Å². The Balaban J connectivity index is 1.94. The Kier molecular flexibility index (Phi) is 4.01. The predicted octanol–water partition coefficient (Wildman–Crippen LogP) is 1.71. The number of nitrogens with zero attached hydrogens (tertiary/aromatic N) is 3. The molecule has 0 fully saturated rings. The summed E-state index contributed by atoms with van der Waals surface area (Å²) in [6.07, 6.45) is 5.41. The normalized spacial score (nSPS) is 10.1. The molecule has 94 valence electrons. The Bertz CT molecular complexity index is 503. The van der Waals surface area contributed by atoms with E-state index in [9.17, 15) is 4.39 Å². The first-order valence-electron chi connectivity index (χ1n) is 5.62. The molecule has 2 aromatic heterocycles. The van der Waals surface area contributed by atoms with Gasteiger partial charge < -0.3 is 10.6 Å². The molecule has 0 bridgehead atoms. The first-order chi connectivity index (χ1) is 8.79. The second-order valence-corrected chi connectivity index (χ2v) is 3.68. The predicted molar refractivity (Wildman–Crippen MR) is 68.0 cm³/mol. The van der Waals surface area contributed by atoms with Gasteiger partial charge in [0.25, 0.3) is 0 Å². The van der Waals surface area contributed by atoms with Gasteiger partial charge in [-0.15, -0.1) is 0 Å². The van der Waals surface area contributed by atoms with Crippen LogP contribution in [0.4, 0.5) is 16.2 Å². The van der Waals surface area contributed by atoms with Crippen molar-refractivity contribution in [3.8, 4) is 0 Å². The molecule has 2 N–H and O–H groups in total. The molecule has 0 unspecified atom stereocenters. The summed E-state index contributed by atoms with van der Waals surface area (Å²) >= 11 is 0. The molecule has 6 heteroatoms. The minimum absolute atomic E-state index is 0.207. The molecule has 0 atom stereocenters. The quantitative estimate of drug-likeness (QED) is 0.842. The van der Waals surface area contributed by atoms with Gasteiger partial charge in [-0.25, -0.2) is 9.37 Å². The average molecular weight is 247 g/mol. The second kappa shape index (κ2) is 5.90. The number of anilines is 2. The number of halogens is 1. The highest BCUT2D eigenvalue weighted by Crippen LogP contribution is 2.11. The SMILES string of the molecule is CNc1ncc(F)c(NCCc2cccnc2)n1. The van der Waals surface area contributed by atoms with Crippen molar-refractivity contribution in [2.75, 3.05) is 24.2 Å². The van der Waals surface area contributed by atoms with E-state index in [1.54, 1.807) is 19.4 Å². The Morgan fingerprint density at radius 3 is 2.94 bits per heavy atom. The van der Waals surface area contributed by atoms with Crippen LogP contribution in [0.1, 0.15) is 5.56 Å². The Morgan fingerprint density at radius 1 is 1.33 bits per heavy atom. The maximum Gasteiger partial charge on any atom is 0.224 e. The van der Waals surface area contributed by atoms with Gasteiger partial charge in [-0.1, -0.05) is 6.07 Å². The van der Waals surface area contributed by atoms with Crippen LogP contribution in [0.3, 0.4) is 0 Å². The van der Waals surface area contributed by atoms with Crippen molar-refractivity contribution in [1.82, 2.24) is 15.0 Å². The van der Waals surface area contributed by atoms with Crippen molar-refractivity contribution in [1.29, 1.82) is 0 Å². The highest BCUT2D eigenvalue weighted by atomic mass is 19.1. The largest absolute Gasteiger partial charge is 0.367 e. The zero-order valence-corrected chi connectivity index (χ0v) is 10.0. The second-order valence-electron chi connectivity index (χ2n) is 3.68. The zero-order chi connectivity index (χ0) is 12.8. The smallest absolute Gasteiger partial charge is 0.224 e. The zero-order valence-electron chi connectivity index (χ0n) is 10.0. The van der Waals surface area contributed by atoms with Crippen LogP contribution in [0.2, 0.25) is 0 Å². The first kappa shape index (κ1) is 12.2. The van der Waals surface area contributed by atoms with Gasteiger partial charge in [0, 0.05) is 26.0 Å². The van der Waals surface area contributed by atoms with Crippen molar-refractivity contribution in [3.63, 3.8) is 0 Å². The van der Waals surface area contributed by atoms with E-state index < -0.39 is 5.82 Å². The third kappa shape index (κ3) is 3.13. The van der Waals surface area contributed by atoms with Gasteiger partial charge >= 0.3 is 0 Å². The molecule has 0 aliphatic heterocycles. The molecule has 0 spiro atoms. The molecule has 2 heterocycles. The topological polar surface area (TPSA) is 62.7 Å². The fourth-order valence-corrected chi connectivity index (χ4v) is 1.48. The number of rotatable bonds is 5. The van der Waals surface area contributed by atoms with E-state index in [1.807, 2.05) is 12.1 Å². The Labute approximate surface area is 105 Å². The van der Waals surface area contributed by atoms with Gasteiger partial charge in [-0.3, -0.25) is 4.98 Å². The van der Waals surface area contributed by atoms with E-state index >= 15 is 0 Å². The van der Waals surface area contributed by atoms with Crippen molar-refractivity contribution >= 4 is 11.8 Å². The fourth-order valence-electron chi connectivity index (χ4n) is 1.48. The number of nitrogens with one attached hydrogen (secondary N) is 2. The van der Waals surface area contributed by atoms with E-state index in [0.29, 0.717) is 12.5 Å². The van der Waals surface area contributed by atoms with Gasteiger partial charge in [-0.2, -0.15) is 4.98 Å². The van der Waals surface area contributed by atoms with Crippen molar-refractivity contribution < 1.29 is 4.39 Å². The monoisotopic (exact) mass is 247 g/mol. The summed E-state index contributed by atoms with van der Waals surface area (Å²) < 4.78 is 13.4. The van der Waals surface area contributed by atoms with Crippen LogP contribution < -0.4 is 10.6 Å². The summed E-state index contributed by atoms with van der Waals surface area (Å²) in [5.41, 5.74) is 1.09. The van der Waals surface area contributed by atoms with Crippen molar-refractivity contribution in [3.05, 3.63) is 42.1 Å². The van der Waals surface area contributed by atoms with Gasteiger partial charge in [0.15, 0.2) is 11.6 Å². The van der Waals surface area contributed by atoms with E-state index in [-0.39, 0.29) is 5.82 Å². The lowest BCUT2D eigenvalue weighted by Crippen LogP contribution is -2.10. The van der Waals surface area contributed by atoms with Gasteiger partial charge in [0.05, 0.1) is 6.20 Å². The number of hydrogen-bond donors (Lipinski definition) is 2. The van der Waals surface area contributed by atoms with Crippen LogP contribution in [-0.4, -0.2) is 28.5 Å². The molecule has 0 aromatic carbocycles. The number of aromatic nitrogens is 3. The molecule has 0 saturated carbocycles. The van der Waals surface area contributed by atoms with Crippen LogP contribution >= 0.6 is 0 Å². The van der Waals surface area contributed by atoms with E-state index in [1.165, 1.54) is 0 Å². The number of hydrogen-bond acceptors (Lipinski definition) is 5. The molecule has 2 aromatic rings. The van der Waals surface area contributed by atoms with Crippen LogP contribution in [0.15, 0.2) is 30.7 Å². The minimum Gasteiger partial charge on any atom is -0.367 e. The summed E-state index contributed by atoms with van der Waals surface area (Å²) in [6, 6.07) is 3.85. The van der Waals surface area contributed by atoms with Gasteiger partial charge in [0.2, 0.25) is 5.95 Å². The lowest BCUT2D eigenvalue weighted by molar-refractivity contribution is 0.617. The maximum absolute atomic E-state index is 13.4. The molecule has 0 aliphatic rings. The van der Waals surface area contributed by atoms with Crippen LogP contribution in [0, 0.1) is 5.82 Å². The summed E-state index contributed by atoms with van der Waals surface area (Å²) in [5.74, 6) is 0.138. The summed E-state index contributed by atoms with van der Waals surface area (Å²) in [7, 11) is 1.69. The van der Waals surface area contributed by atoms with E-state index in [0.717, 1.165) is 18.2 Å². The Hall–Kier alpha value is -2.24. The lowest BCUT2D eigenvalue weighted by Gasteiger charge is -2.07. The van der Waals surface area contributed by atoms with Crippen LogP contribution in [-0.2, 0) is 6.42 Å². The fraction of sp³-hybridized carbons (Fsp3) is 0.250. The van der Waals surface area contributed by atoms with Crippen molar-refractivity contribution in [2.24, 2.45) is 0 Å². The molecule has 2 rings (SSSR count). The third-order valence-corrected chi connectivity index (χ3v) is 2.40. The van der Waals surface area contributed by atoms with Gasteiger partial charge in [0.1, 0.15) is 0 Å². The standard InChI is InChI=1S/C12H14FN5/c1-14-12-17-8-10(13)11(18-12)16-6-4-9-3-2-5-15-7-9/h2-3,5,7-8H,4,6H2,1H3,(H2,14,16,17,18). The Morgan fingerprint density at radius 2 is 2.22 bits per heavy atom. The van der Waals surface area contributed by atoms with Crippen LogP contribution in [0.5, 0.6) is 0 Å². The molecular weight excluding hydrogens is 233 g/mol. The molecule has 5 nitrogen and oxygen atoms in total. The average Bonchev–Trinajstić information content (AvgIpc) is 2.42. The third-order valence-electron chi connectivity index (χ3n) is 2.40. The molecule has 0 aliphatic carbocycles. The van der Waals surface area contributed by atoms with Gasteiger partial charge in [-0.05, 0) is 18.1 Å². The molecule has 0 radical (unpaired) electrons. The molecule has 0 saturated heterocycles. The summed E-state index contributed by atoms with van der Waals surface area (Å²) in [4.78, 5) is 11.8. The highest BCUT2D eigenvalue weighted by Gasteiger charge is 2.05. The molecule has 0 amide bonds. The number of pyridine rings is 1. The van der Waals surface area contributed by atoms with Crippen LogP contribution in [0.25, 0.3) is 0 Å². The highest BCUT2D eigenvalue weighted by molar-refractivity contribution is 5.40. The minimum atomic E-state index is -0.458. The molecule has 18 heavy (non-hydrogen) atoms. The summed E-state index contributed by atoms with van der Waals surface area (Å²) in [5, 5.41) is 5.71. The summed E-state index contributed by atoms with van der Waals surface area (Å²) in [6.45, 7) is 0.586. The van der Waals surface area contributed by atoms with Crippen molar-refractivity contribution in [2.45, 2.75) is 6.42 Å². The first-order valence-corrected chi connectivity index (χ1v) is 5.62.